The Hall–Kier alpha value is -1.16. The molecule has 0 aliphatic carbocycles. The molecule has 2 heterocycles. The Kier molecular flexibility index (Phi) is 4.53. The summed E-state index contributed by atoms with van der Waals surface area (Å²) < 4.78 is 0. The van der Waals surface area contributed by atoms with Crippen LogP contribution in [-0.2, 0) is 0 Å². The van der Waals surface area contributed by atoms with E-state index in [2.05, 4.69) is 21.8 Å². The SMILES string of the molecule is CCCC1CCCCN1c1ncnc(Cl)c1C=O. The largest absolute Gasteiger partial charge is 0.353 e. The van der Waals surface area contributed by atoms with E-state index in [-0.39, 0.29) is 5.15 Å². The summed E-state index contributed by atoms with van der Waals surface area (Å²) in [4.78, 5) is 21.5. The zero-order valence-electron chi connectivity index (χ0n) is 10.6. The highest BCUT2D eigenvalue weighted by atomic mass is 35.5. The lowest BCUT2D eigenvalue weighted by atomic mass is 9.98. The van der Waals surface area contributed by atoms with Crippen LogP contribution in [0.1, 0.15) is 49.4 Å². The first-order valence-electron chi connectivity index (χ1n) is 6.50. The van der Waals surface area contributed by atoms with Gasteiger partial charge in [0.1, 0.15) is 17.3 Å². The van der Waals surface area contributed by atoms with E-state index in [1.807, 2.05) is 0 Å². The van der Waals surface area contributed by atoms with Crippen molar-refractivity contribution in [3.05, 3.63) is 17.0 Å². The maximum absolute atomic E-state index is 11.2. The summed E-state index contributed by atoms with van der Waals surface area (Å²) in [6, 6.07) is 0.466. The van der Waals surface area contributed by atoms with E-state index >= 15 is 0 Å². The van der Waals surface area contributed by atoms with Gasteiger partial charge in [0, 0.05) is 12.6 Å². The average molecular weight is 268 g/mol. The smallest absolute Gasteiger partial charge is 0.156 e. The third-order valence-corrected chi connectivity index (χ3v) is 3.75. The molecule has 1 unspecified atom stereocenters. The minimum atomic E-state index is 0.246. The van der Waals surface area contributed by atoms with Crippen LogP contribution >= 0.6 is 11.6 Å². The quantitative estimate of drug-likeness (QED) is 0.621. The van der Waals surface area contributed by atoms with Crippen molar-refractivity contribution in [2.45, 2.75) is 45.1 Å². The Morgan fingerprint density at radius 1 is 1.50 bits per heavy atom. The fraction of sp³-hybridized carbons (Fsp3) is 0.615. The molecule has 1 fully saturated rings. The molecule has 5 heteroatoms. The van der Waals surface area contributed by atoms with Gasteiger partial charge in [-0.15, -0.1) is 0 Å². The van der Waals surface area contributed by atoms with Crippen molar-refractivity contribution in [3.8, 4) is 0 Å². The molecule has 0 bridgehead atoms. The van der Waals surface area contributed by atoms with Crippen LogP contribution < -0.4 is 4.90 Å². The van der Waals surface area contributed by atoms with Crippen LogP contribution in [0.2, 0.25) is 5.15 Å². The molecule has 0 N–H and O–H groups in total. The predicted molar refractivity (Wildman–Crippen MR) is 72.3 cm³/mol. The van der Waals surface area contributed by atoms with Gasteiger partial charge in [0.25, 0.3) is 0 Å². The second-order valence-corrected chi connectivity index (χ2v) is 5.01. The highest BCUT2D eigenvalue weighted by molar-refractivity contribution is 6.32. The number of nitrogens with zero attached hydrogens (tertiary/aromatic N) is 3. The molecular formula is C13H18ClN3O. The molecule has 98 valence electrons. The zero-order valence-corrected chi connectivity index (χ0v) is 11.4. The topological polar surface area (TPSA) is 46.1 Å². The minimum Gasteiger partial charge on any atom is -0.353 e. The van der Waals surface area contributed by atoms with E-state index in [9.17, 15) is 4.79 Å². The fourth-order valence-corrected chi connectivity index (χ4v) is 2.78. The third-order valence-electron chi connectivity index (χ3n) is 3.45. The van der Waals surface area contributed by atoms with E-state index in [4.69, 9.17) is 11.6 Å². The van der Waals surface area contributed by atoms with E-state index in [0.717, 1.165) is 38.5 Å². The van der Waals surface area contributed by atoms with Gasteiger partial charge in [-0.1, -0.05) is 24.9 Å². The highest BCUT2D eigenvalue weighted by Crippen LogP contribution is 2.29. The van der Waals surface area contributed by atoms with Crippen LogP contribution in [-0.4, -0.2) is 28.8 Å². The lowest BCUT2D eigenvalue weighted by Crippen LogP contribution is -2.40. The summed E-state index contributed by atoms with van der Waals surface area (Å²) in [5, 5.41) is 0.246. The summed E-state index contributed by atoms with van der Waals surface area (Å²) >= 11 is 5.96. The number of carbonyl (C=O) groups excluding carboxylic acids is 1. The van der Waals surface area contributed by atoms with Crippen molar-refractivity contribution in [1.29, 1.82) is 0 Å². The summed E-state index contributed by atoms with van der Waals surface area (Å²) in [6.07, 6.45) is 8.00. The van der Waals surface area contributed by atoms with Crippen LogP contribution in [0.5, 0.6) is 0 Å². The molecule has 0 saturated carbocycles. The van der Waals surface area contributed by atoms with Crippen LogP contribution in [0.25, 0.3) is 0 Å². The molecule has 0 radical (unpaired) electrons. The Morgan fingerprint density at radius 3 is 3.06 bits per heavy atom. The molecule has 1 aliphatic rings. The van der Waals surface area contributed by atoms with E-state index in [0.29, 0.717) is 17.4 Å². The summed E-state index contributed by atoms with van der Waals surface area (Å²) in [5.74, 6) is 0.697. The van der Waals surface area contributed by atoms with Gasteiger partial charge in [-0.25, -0.2) is 9.97 Å². The van der Waals surface area contributed by atoms with Gasteiger partial charge in [0.2, 0.25) is 0 Å². The Balaban J connectivity index is 2.33. The van der Waals surface area contributed by atoms with Crippen molar-refractivity contribution in [1.82, 2.24) is 9.97 Å². The average Bonchev–Trinajstić information content (AvgIpc) is 2.39. The molecule has 1 aromatic rings. The molecule has 1 aliphatic heterocycles. The third kappa shape index (κ3) is 2.64. The van der Waals surface area contributed by atoms with Crippen molar-refractivity contribution >= 4 is 23.7 Å². The monoisotopic (exact) mass is 267 g/mol. The maximum Gasteiger partial charge on any atom is 0.156 e. The van der Waals surface area contributed by atoms with Crippen LogP contribution in [0, 0.1) is 0 Å². The molecule has 0 spiro atoms. The number of halogens is 1. The molecule has 0 aromatic carbocycles. The van der Waals surface area contributed by atoms with Gasteiger partial charge in [-0.05, 0) is 25.7 Å². The molecule has 1 saturated heterocycles. The Morgan fingerprint density at radius 2 is 2.33 bits per heavy atom. The fourth-order valence-electron chi connectivity index (χ4n) is 2.61. The summed E-state index contributed by atoms with van der Waals surface area (Å²) in [7, 11) is 0. The highest BCUT2D eigenvalue weighted by Gasteiger charge is 2.25. The van der Waals surface area contributed by atoms with Gasteiger partial charge in [0.05, 0.1) is 5.56 Å². The molecule has 0 amide bonds. The number of rotatable bonds is 4. The van der Waals surface area contributed by atoms with Crippen molar-refractivity contribution in [2.24, 2.45) is 0 Å². The zero-order chi connectivity index (χ0) is 13.0. The Bertz CT molecular complexity index is 423. The summed E-state index contributed by atoms with van der Waals surface area (Å²) in [5.41, 5.74) is 0.419. The first-order chi connectivity index (χ1) is 8.77. The predicted octanol–water partition coefficient (Wildman–Crippen LogP) is 3.10. The maximum atomic E-state index is 11.2. The van der Waals surface area contributed by atoms with Gasteiger partial charge in [-0.2, -0.15) is 0 Å². The first-order valence-corrected chi connectivity index (χ1v) is 6.88. The molecule has 18 heavy (non-hydrogen) atoms. The molecule has 2 rings (SSSR count). The second kappa shape index (κ2) is 6.14. The normalized spacial score (nSPS) is 19.9. The van der Waals surface area contributed by atoms with Crippen molar-refractivity contribution < 1.29 is 4.79 Å². The van der Waals surface area contributed by atoms with Crippen LogP contribution in [0.15, 0.2) is 6.33 Å². The van der Waals surface area contributed by atoms with E-state index in [1.54, 1.807) is 0 Å². The Labute approximate surface area is 112 Å². The van der Waals surface area contributed by atoms with Crippen LogP contribution in [0.3, 0.4) is 0 Å². The molecule has 1 aromatic heterocycles. The molecule has 1 atom stereocenters. The summed E-state index contributed by atoms with van der Waals surface area (Å²) in [6.45, 7) is 3.12. The van der Waals surface area contributed by atoms with Crippen molar-refractivity contribution in [3.63, 3.8) is 0 Å². The van der Waals surface area contributed by atoms with Gasteiger partial charge >= 0.3 is 0 Å². The van der Waals surface area contributed by atoms with Gasteiger partial charge < -0.3 is 4.90 Å². The minimum absolute atomic E-state index is 0.246. The standard InChI is InChI=1S/C13H18ClN3O/c1-2-5-10-6-3-4-7-17(10)13-11(8-18)12(14)15-9-16-13/h8-10H,2-7H2,1H3. The van der Waals surface area contributed by atoms with Gasteiger partial charge in [-0.3, -0.25) is 4.79 Å². The number of hydrogen-bond acceptors (Lipinski definition) is 4. The number of carbonyl (C=O) groups is 1. The van der Waals surface area contributed by atoms with E-state index in [1.165, 1.54) is 12.7 Å². The van der Waals surface area contributed by atoms with E-state index < -0.39 is 0 Å². The molecule has 4 nitrogen and oxygen atoms in total. The number of aldehydes is 1. The number of aromatic nitrogens is 2. The number of hydrogen-bond donors (Lipinski definition) is 0. The van der Waals surface area contributed by atoms with Crippen LogP contribution in [0.4, 0.5) is 5.82 Å². The first kappa shape index (κ1) is 13.3. The molecular weight excluding hydrogens is 250 g/mol. The second-order valence-electron chi connectivity index (χ2n) is 4.65. The van der Waals surface area contributed by atoms with Crippen molar-refractivity contribution in [2.75, 3.05) is 11.4 Å². The van der Waals surface area contributed by atoms with Gasteiger partial charge in [0.15, 0.2) is 6.29 Å². The number of piperidine rings is 1. The lowest BCUT2D eigenvalue weighted by molar-refractivity contribution is 0.112. The number of anilines is 1. The lowest BCUT2D eigenvalue weighted by Gasteiger charge is -2.37.